The smallest absolute Gasteiger partial charge is 0.269 e. The number of hydrogen-bond acceptors (Lipinski definition) is 8. The van der Waals surface area contributed by atoms with Crippen molar-refractivity contribution >= 4 is 40.3 Å². The van der Waals surface area contributed by atoms with Gasteiger partial charge in [-0.2, -0.15) is 0 Å². The van der Waals surface area contributed by atoms with E-state index >= 15 is 0 Å². The van der Waals surface area contributed by atoms with Crippen molar-refractivity contribution in [3.8, 4) is 17.2 Å². The number of methoxy groups -OCH3 is 2. The number of ether oxygens (including phenoxy) is 3. The number of benzene rings is 3. The lowest BCUT2D eigenvalue weighted by molar-refractivity contribution is -0.384. The van der Waals surface area contributed by atoms with Crippen LogP contribution < -0.4 is 19.5 Å². The van der Waals surface area contributed by atoms with Crippen LogP contribution in [0.25, 0.3) is 6.08 Å². The van der Waals surface area contributed by atoms with Gasteiger partial charge in [-0.3, -0.25) is 14.9 Å². The van der Waals surface area contributed by atoms with Gasteiger partial charge in [0.05, 0.1) is 29.7 Å². The molecular weight excluding hydrogens is 470 g/mol. The number of carbonyl (C=O) groups is 1. The summed E-state index contributed by atoms with van der Waals surface area (Å²) < 4.78 is 16.4. The number of amides is 1. The summed E-state index contributed by atoms with van der Waals surface area (Å²) in [6, 6.07) is 18.7. The lowest BCUT2D eigenvalue weighted by Gasteiger charge is -2.11. The number of nitrogens with one attached hydrogen (secondary N) is 1. The molecule has 0 aromatic heterocycles. The van der Waals surface area contributed by atoms with E-state index in [1.807, 2.05) is 6.07 Å². The number of amidine groups is 1. The van der Waals surface area contributed by atoms with E-state index in [1.54, 1.807) is 61.7 Å². The standard InChI is InChI=1S/C25H21N3O6S/c1-32-20-10-6-18(7-11-20)26-25-27-24(29)23(35-25)14-17-5-12-21(22(13-17)33-2)34-15-16-3-8-19(9-4-16)28(30)31/h3-14H,15H2,1-2H3,(H,26,27,29)/b23-14-. The fourth-order valence-corrected chi connectivity index (χ4v) is 4.02. The first-order chi connectivity index (χ1) is 16.9. The predicted molar refractivity (Wildman–Crippen MR) is 134 cm³/mol. The molecule has 10 heteroatoms. The molecule has 0 saturated carbocycles. The minimum Gasteiger partial charge on any atom is -0.497 e. The van der Waals surface area contributed by atoms with E-state index in [-0.39, 0.29) is 18.2 Å². The number of nitrogens with zero attached hydrogens (tertiary/aromatic N) is 2. The molecule has 1 fully saturated rings. The summed E-state index contributed by atoms with van der Waals surface area (Å²) in [4.78, 5) is 27.7. The zero-order chi connectivity index (χ0) is 24.8. The van der Waals surface area contributed by atoms with E-state index in [0.717, 1.165) is 16.9 Å². The third kappa shape index (κ3) is 5.98. The van der Waals surface area contributed by atoms with Crippen molar-refractivity contribution < 1.29 is 23.9 Å². The minimum absolute atomic E-state index is 0.0229. The second-order valence-corrected chi connectivity index (χ2v) is 8.33. The molecule has 0 spiro atoms. The van der Waals surface area contributed by atoms with Crippen LogP contribution in [0.3, 0.4) is 0 Å². The number of non-ortho nitro benzene ring substituents is 1. The molecule has 4 rings (SSSR count). The first kappa shape index (κ1) is 23.8. The molecule has 35 heavy (non-hydrogen) atoms. The Labute approximate surface area is 205 Å². The van der Waals surface area contributed by atoms with Gasteiger partial charge in [0.2, 0.25) is 0 Å². The molecule has 1 amide bonds. The van der Waals surface area contributed by atoms with Gasteiger partial charge in [-0.15, -0.1) is 0 Å². The van der Waals surface area contributed by atoms with E-state index in [9.17, 15) is 14.9 Å². The van der Waals surface area contributed by atoms with Gasteiger partial charge in [0.15, 0.2) is 16.7 Å². The topological polar surface area (TPSA) is 112 Å². The van der Waals surface area contributed by atoms with Crippen LogP contribution in [0.15, 0.2) is 76.6 Å². The maximum Gasteiger partial charge on any atom is 0.269 e. The summed E-state index contributed by atoms with van der Waals surface area (Å²) in [6.07, 6.45) is 1.75. The number of hydrogen-bond donors (Lipinski definition) is 1. The molecule has 9 nitrogen and oxygen atoms in total. The molecule has 178 valence electrons. The molecule has 1 aliphatic heterocycles. The highest BCUT2D eigenvalue weighted by molar-refractivity contribution is 8.18. The molecule has 0 aliphatic carbocycles. The molecule has 1 aliphatic rings. The van der Waals surface area contributed by atoms with Gasteiger partial charge in [-0.05, 0) is 77.5 Å². The molecule has 1 saturated heterocycles. The summed E-state index contributed by atoms with van der Waals surface area (Å²) in [6.45, 7) is 0.220. The first-order valence-corrected chi connectivity index (χ1v) is 11.2. The Balaban J connectivity index is 1.45. The Morgan fingerprint density at radius 1 is 1.00 bits per heavy atom. The fourth-order valence-electron chi connectivity index (χ4n) is 3.17. The zero-order valence-electron chi connectivity index (χ0n) is 18.9. The van der Waals surface area contributed by atoms with Crippen molar-refractivity contribution in [2.45, 2.75) is 6.61 Å². The predicted octanol–water partition coefficient (Wildman–Crippen LogP) is 5.08. The SMILES string of the molecule is COc1ccc(N=C2NC(=O)/C(=C/c3ccc(OCc4ccc([N+](=O)[O-])cc4)c(OC)c3)S2)cc1. The average Bonchev–Trinajstić information content (AvgIpc) is 3.21. The first-order valence-electron chi connectivity index (χ1n) is 10.4. The molecule has 0 bridgehead atoms. The highest BCUT2D eigenvalue weighted by Gasteiger charge is 2.24. The lowest BCUT2D eigenvalue weighted by atomic mass is 10.2. The van der Waals surface area contributed by atoms with Crippen molar-refractivity contribution in [1.29, 1.82) is 0 Å². The summed E-state index contributed by atoms with van der Waals surface area (Å²) in [5.41, 5.74) is 2.26. The van der Waals surface area contributed by atoms with Gasteiger partial charge in [0.1, 0.15) is 12.4 Å². The van der Waals surface area contributed by atoms with Crippen molar-refractivity contribution in [2.75, 3.05) is 14.2 Å². The number of nitro groups is 1. The van der Waals surface area contributed by atoms with Gasteiger partial charge in [0.25, 0.3) is 11.6 Å². The van der Waals surface area contributed by atoms with Crippen LogP contribution in [0.1, 0.15) is 11.1 Å². The van der Waals surface area contributed by atoms with E-state index in [1.165, 1.54) is 31.0 Å². The van der Waals surface area contributed by atoms with Gasteiger partial charge in [-0.1, -0.05) is 6.07 Å². The molecule has 0 radical (unpaired) electrons. The van der Waals surface area contributed by atoms with Crippen molar-refractivity contribution in [3.63, 3.8) is 0 Å². The highest BCUT2D eigenvalue weighted by atomic mass is 32.2. The van der Waals surface area contributed by atoms with Crippen LogP contribution in [-0.4, -0.2) is 30.2 Å². The van der Waals surface area contributed by atoms with Gasteiger partial charge >= 0.3 is 0 Å². The largest absolute Gasteiger partial charge is 0.497 e. The third-order valence-electron chi connectivity index (χ3n) is 4.98. The Kier molecular flexibility index (Phi) is 7.32. The average molecular weight is 492 g/mol. The van der Waals surface area contributed by atoms with Gasteiger partial charge in [-0.25, -0.2) is 4.99 Å². The van der Waals surface area contributed by atoms with Crippen LogP contribution >= 0.6 is 11.8 Å². The molecule has 0 atom stereocenters. The number of carbonyl (C=O) groups excluding carboxylic acids is 1. The molecule has 1 N–H and O–H groups in total. The Bertz CT molecular complexity index is 1300. The van der Waals surface area contributed by atoms with Crippen LogP contribution in [0, 0.1) is 10.1 Å². The Morgan fingerprint density at radius 3 is 2.40 bits per heavy atom. The van der Waals surface area contributed by atoms with Crippen molar-refractivity contribution in [3.05, 3.63) is 92.9 Å². The quantitative estimate of drug-likeness (QED) is 0.266. The fraction of sp³-hybridized carbons (Fsp3) is 0.120. The Morgan fingerprint density at radius 2 is 1.74 bits per heavy atom. The van der Waals surface area contributed by atoms with Crippen LogP contribution in [-0.2, 0) is 11.4 Å². The lowest BCUT2D eigenvalue weighted by Crippen LogP contribution is -2.19. The summed E-state index contributed by atoms with van der Waals surface area (Å²) in [5.74, 6) is 1.50. The maximum atomic E-state index is 12.4. The minimum atomic E-state index is -0.447. The summed E-state index contributed by atoms with van der Waals surface area (Å²) in [5, 5.41) is 14.0. The molecular formula is C25H21N3O6S. The van der Waals surface area contributed by atoms with E-state index in [4.69, 9.17) is 14.2 Å². The summed E-state index contributed by atoms with van der Waals surface area (Å²) >= 11 is 1.25. The van der Waals surface area contributed by atoms with Crippen LogP contribution in [0.4, 0.5) is 11.4 Å². The number of rotatable bonds is 8. The van der Waals surface area contributed by atoms with Gasteiger partial charge in [0, 0.05) is 12.1 Å². The van der Waals surface area contributed by atoms with E-state index in [0.29, 0.717) is 27.3 Å². The molecule has 0 unspecified atom stereocenters. The second-order valence-electron chi connectivity index (χ2n) is 7.30. The summed E-state index contributed by atoms with van der Waals surface area (Å²) in [7, 11) is 3.12. The number of aliphatic imine (C=N–C) groups is 1. The van der Waals surface area contributed by atoms with Crippen molar-refractivity contribution in [2.24, 2.45) is 4.99 Å². The van der Waals surface area contributed by atoms with Crippen LogP contribution in [0.5, 0.6) is 17.2 Å². The number of nitro benzene ring substituents is 1. The maximum absolute atomic E-state index is 12.4. The van der Waals surface area contributed by atoms with Crippen LogP contribution in [0.2, 0.25) is 0 Å². The van der Waals surface area contributed by atoms with Gasteiger partial charge < -0.3 is 19.5 Å². The normalized spacial score (nSPS) is 15.2. The molecule has 3 aromatic rings. The highest BCUT2D eigenvalue weighted by Crippen LogP contribution is 2.33. The number of thioether (sulfide) groups is 1. The Hall–Kier alpha value is -4.31. The molecule has 3 aromatic carbocycles. The van der Waals surface area contributed by atoms with E-state index < -0.39 is 4.92 Å². The zero-order valence-corrected chi connectivity index (χ0v) is 19.7. The molecule has 1 heterocycles. The third-order valence-corrected chi connectivity index (χ3v) is 5.89. The van der Waals surface area contributed by atoms with E-state index in [2.05, 4.69) is 10.3 Å². The second kappa shape index (κ2) is 10.7. The monoisotopic (exact) mass is 491 g/mol. The van der Waals surface area contributed by atoms with Crippen molar-refractivity contribution in [1.82, 2.24) is 5.32 Å².